The summed E-state index contributed by atoms with van der Waals surface area (Å²) in [7, 11) is 1.73. The minimum Gasteiger partial charge on any atom is -0.383 e. The smallest absolute Gasteiger partial charge is 0.138 e. The molecule has 0 spiro atoms. The van der Waals surface area contributed by atoms with Gasteiger partial charge in [-0.15, -0.1) is 0 Å². The number of methoxy groups -OCH3 is 1. The van der Waals surface area contributed by atoms with Crippen LogP contribution in [0.1, 0.15) is 26.1 Å². The molecule has 1 rings (SSSR count). The Morgan fingerprint density at radius 1 is 1.50 bits per heavy atom. The predicted molar refractivity (Wildman–Crippen MR) is 63.4 cm³/mol. The van der Waals surface area contributed by atoms with Crippen LogP contribution in [0.3, 0.4) is 0 Å². The topological polar surface area (TPSA) is 52.0 Å². The second-order valence-electron chi connectivity index (χ2n) is 3.80. The van der Waals surface area contributed by atoms with Gasteiger partial charge in [-0.1, -0.05) is 6.92 Å². The number of aromatic nitrogens is 3. The monoisotopic (exact) mass is 226 g/mol. The number of nitrogens with zero attached hydrogens (tertiary/aromatic N) is 3. The zero-order valence-electron chi connectivity index (χ0n) is 10.4. The van der Waals surface area contributed by atoms with Crippen molar-refractivity contribution in [1.29, 1.82) is 0 Å². The second-order valence-corrected chi connectivity index (χ2v) is 3.80. The molecule has 16 heavy (non-hydrogen) atoms. The molecule has 0 aromatic carbocycles. The fourth-order valence-electron chi connectivity index (χ4n) is 1.67. The van der Waals surface area contributed by atoms with Gasteiger partial charge in [0.1, 0.15) is 12.2 Å². The highest BCUT2D eigenvalue weighted by molar-refractivity contribution is 4.89. The lowest BCUT2D eigenvalue weighted by Crippen LogP contribution is -2.36. The lowest BCUT2D eigenvalue weighted by molar-refractivity contribution is 0.164. The molecule has 5 heteroatoms. The van der Waals surface area contributed by atoms with Crippen LogP contribution in [-0.2, 0) is 17.7 Å². The Bertz CT molecular complexity index is 287. The third-order valence-electron chi connectivity index (χ3n) is 2.48. The maximum Gasteiger partial charge on any atom is 0.138 e. The van der Waals surface area contributed by atoms with Gasteiger partial charge < -0.3 is 10.1 Å². The van der Waals surface area contributed by atoms with Crippen LogP contribution < -0.4 is 5.32 Å². The van der Waals surface area contributed by atoms with Crippen molar-refractivity contribution in [1.82, 2.24) is 20.1 Å². The molecule has 92 valence electrons. The molecule has 0 aliphatic heterocycles. The van der Waals surface area contributed by atoms with E-state index in [0.29, 0.717) is 12.6 Å². The van der Waals surface area contributed by atoms with Crippen molar-refractivity contribution in [2.24, 2.45) is 0 Å². The van der Waals surface area contributed by atoms with E-state index in [1.54, 1.807) is 13.4 Å². The fraction of sp³-hybridized carbons (Fsp3) is 0.818. The minimum absolute atomic E-state index is 0.319. The lowest BCUT2D eigenvalue weighted by atomic mass is 10.2. The average molecular weight is 226 g/mol. The average Bonchev–Trinajstić information content (AvgIpc) is 2.73. The molecule has 1 unspecified atom stereocenters. The van der Waals surface area contributed by atoms with Crippen LogP contribution in [0.4, 0.5) is 0 Å². The van der Waals surface area contributed by atoms with Crippen LogP contribution >= 0.6 is 0 Å². The van der Waals surface area contributed by atoms with E-state index >= 15 is 0 Å². The molecule has 0 fully saturated rings. The van der Waals surface area contributed by atoms with Gasteiger partial charge in [-0.2, -0.15) is 5.10 Å². The van der Waals surface area contributed by atoms with Crippen LogP contribution in [-0.4, -0.2) is 41.1 Å². The Kier molecular flexibility index (Phi) is 6.03. The van der Waals surface area contributed by atoms with Gasteiger partial charge in [0, 0.05) is 26.1 Å². The quantitative estimate of drug-likeness (QED) is 0.714. The number of rotatable bonds is 8. The molecule has 0 aliphatic carbocycles. The first kappa shape index (κ1) is 13.1. The summed E-state index contributed by atoms with van der Waals surface area (Å²) in [4.78, 5) is 4.27. The van der Waals surface area contributed by atoms with E-state index in [0.717, 1.165) is 31.8 Å². The number of nitrogens with one attached hydrogen (secondary N) is 1. The zero-order chi connectivity index (χ0) is 11.8. The van der Waals surface area contributed by atoms with Gasteiger partial charge in [0.2, 0.25) is 0 Å². The summed E-state index contributed by atoms with van der Waals surface area (Å²) < 4.78 is 7.13. The molecule has 0 aliphatic rings. The molecule has 0 radical (unpaired) electrons. The maximum absolute atomic E-state index is 5.20. The molecule has 1 heterocycles. The summed E-state index contributed by atoms with van der Waals surface area (Å²) in [6.07, 6.45) is 3.60. The van der Waals surface area contributed by atoms with Gasteiger partial charge in [0.25, 0.3) is 0 Å². The first-order chi connectivity index (χ1) is 7.81. The van der Waals surface area contributed by atoms with Crippen molar-refractivity contribution >= 4 is 0 Å². The van der Waals surface area contributed by atoms with Crippen molar-refractivity contribution in [3.05, 3.63) is 12.2 Å². The van der Waals surface area contributed by atoms with Crippen molar-refractivity contribution in [3.8, 4) is 0 Å². The minimum atomic E-state index is 0.319. The predicted octanol–water partition coefficient (Wildman–Crippen LogP) is 0.855. The Labute approximate surface area is 97.2 Å². The SMILES string of the molecule is CCCNC(COC)Cc1ncnn1CC. The Morgan fingerprint density at radius 3 is 2.94 bits per heavy atom. The zero-order valence-corrected chi connectivity index (χ0v) is 10.4. The van der Waals surface area contributed by atoms with Crippen molar-refractivity contribution in [3.63, 3.8) is 0 Å². The summed E-state index contributed by atoms with van der Waals surface area (Å²) in [6, 6.07) is 0.319. The fourth-order valence-corrected chi connectivity index (χ4v) is 1.67. The molecular weight excluding hydrogens is 204 g/mol. The van der Waals surface area contributed by atoms with E-state index in [1.165, 1.54) is 0 Å². The van der Waals surface area contributed by atoms with Crippen molar-refractivity contribution in [2.75, 3.05) is 20.3 Å². The van der Waals surface area contributed by atoms with E-state index in [9.17, 15) is 0 Å². The van der Waals surface area contributed by atoms with E-state index in [1.807, 2.05) is 4.68 Å². The molecule has 0 amide bonds. The van der Waals surface area contributed by atoms with E-state index in [4.69, 9.17) is 4.74 Å². The lowest BCUT2D eigenvalue weighted by Gasteiger charge is -2.17. The third kappa shape index (κ3) is 3.90. The van der Waals surface area contributed by atoms with E-state index < -0.39 is 0 Å². The molecule has 5 nitrogen and oxygen atoms in total. The highest BCUT2D eigenvalue weighted by Gasteiger charge is 2.12. The molecule has 1 aromatic heterocycles. The summed E-state index contributed by atoms with van der Waals surface area (Å²) in [5.41, 5.74) is 0. The van der Waals surface area contributed by atoms with Crippen LogP contribution in [0.2, 0.25) is 0 Å². The van der Waals surface area contributed by atoms with Gasteiger partial charge in [0.05, 0.1) is 6.61 Å². The van der Waals surface area contributed by atoms with Crippen molar-refractivity contribution in [2.45, 2.75) is 39.3 Å². The summed E-state index contributed by atoms with van der Waals surface area (Å²) in [5.74, 6) is 1.02. The first-order valence-corrected chi connectivity index (χ1v) is 5.90. The van der Waals surface area contributed by atoms with Gasteiger partial charge in [0.15, 0.2) is 0 Å². The van der Waals surface area contributed by atoms with Crippen LogP contribution in [0, 0.1) is 0 Å². The van der Waals surface area contributed by atoms with Crippen molar-refractivity contribution < 1.29 is 4.74 Å². The first-order valence-electron chi connectivity index (χ1n) is 5.90. The standard InChI is InChI=1S/C11H22N4O/c1-4-6-12-10(8-16-3)7-11-13-9-14-15(11)5-2/h9-10,12H,4-8H2,1-3H3. The Hall–Kier alpha value is -0.940. The van der Waals surface area contributed by atoms with Gasteiger partial charge in [-0.05, 0) is 19.9 Å². The molecule has 0 bridgehead atoms. The normalized spacial score (nSPS) is 12.9. The molecule has 1 atom stereocenters. The van der Waals surface area contributed by atoms with E-state index in [-0.39, 0.29) is 0 Å². The Morgan fingerprint density at radius 2 is 2.31 bits per heavy atom. The second kappa shape index (κ2) is 7.35. The molecule has 1 aromatic rings. The molecule has 0 saturated heterocycles. The highest BCUT2D eigenvalue weighted by Crippen LogP contribution is 2.00. The highest BCUT2D eigenvalue weighted by atomic mass is 16.5. The van der Waals surface area contributed by atoms with Gasteiger partial charge in [-0.25, -0.2) is 4.98 Å². The number of hydrogen-bond acceptors (Lipinski definition) is 4. The maximum atomic E-state index is 5.20. The van der Waals surface area contributed by atoms with Gasteiger partial charge in [-0.3, -0.25) is 4.68 Å². The van der Waals surface area contributed by atoms with Crippen LogP contribution in [0.25, 0.3) is 0 Å². The largest absolute Gasteiger partial charge is 0.383 e. The third-order valence-corrected chi connectivity index (χ3v) is 2.48. The number of hydrogen-bond donors (Lipinski definition) is 1. The Balaban J connectivity index is 2.52. The van der Waals surface area contributed by atoms with E-state index in [2.05, 4.69) is 29.2 Å². The summed E-state index contributed by atoms with van der Waals surface area (Å²) in [5, 5.41) is 7.62. The van der Waals surface area contributed by atoms with Gasteiger partial charge >= 0.3 is 0 Å². The molecule has 0 saturated carbocycles. The summed E-state index contributed by atoms with van der Waals surface area (Å²) >= 11 is 0. The number of aryl methyl sites for hydroxylation is 1. The molecular formula is C11H22N4O. The number of ether oxygens (including phenoxy) is 1. The van der Waals surface area contributed by atoms with Crippen LogP contribution in [0.15, 0.2) is 6.33 Å². The van der Waals surface area contributed by atoms with Crippen LogP contribution in [0.5, 0.6) is 0 Å². The summed E-state index contributed by atoms with van der Waals surface area (Å²) in [6.45, 7) is 6.81. The molecule has 1 N–H and O–H groups in total.